The second-order valence-electron chi connectivity index (χ2n) is 7.17. The van der Waals surface area contributed by atoms with E-state index in [0.717, 1.165) is 36.8 Å². The van der Waals surface area contributed by atoms with E-state index >= 15 is 0 Å². The fourth-order valence-electron chi connectivity index (χ4n) is 3.17. The molecule has 2 rings (SSSR count). The number of nitrogens with one attached hydrogen (secondary N) is 1. The Morgan fingerprint density at radius 2 is 1.93 bits per heavy atom. The van der Waals surface area contributed by atoms with Gasteiger partial charge in [-0.15, -0.1) is 10.2 Å². The molecule has 1 N–H and O–H groups in total. The molecule has 0 saturated carbocycles. The number of carbonyl (C=O) groups is 2. The van der Waals surface area contributed by atoms with Gasteiger partial charge in [-0.1, -0.05) is 44.2 Å². The molecule has 8 heteroatoms. The smallest absolute Gasteiger partial charge is 0.234 e. The predicted octanol–water partition coefficient (Wildman–Crippen LogP) is 4.02. The van der Waals surface area contributed by atoms with Crippen molar-refractivity contribution in [3.63, 3.8) is 0 Å². The van der Waals surface area contributed by atoms with Gasteiger partial charge in [0, 0.05) is 12.1 Å². The number of hydrogen-bond donors (Lipinski definition) is 1. The molecule has 0 spiro atoms. The van der Waals surface area contributed by atoms with Gasteiger partial charge in [-0.05, 0) is 46.0 Å². The van der Waals surface area contributed by atoms with Crippen LogP contribution in [0.5, 0.6) is 0 Å². The number of carbonyl (C=O) groups excluding carboxylic acids is 2. The Labute approximate surface area is 177 Å². The molecule has 1 aromatic carbocycles. The summed E-state index contributed by atoms with van der Waals surface area (Å²) in [6, 6.07) is 7.22. The Morgan fingerprint density at radius 1 is 1.21 bits per heavy atom. The fraction of sp³-hybridized carbons (Fsp3) is 0.524. The standard InChI is InChI=1S/C21H31N5O2S/c1-6-8-13-26-20(18(7-2)25(4)5)23-24-21(26)29-14-19(28)22-17-12-10-9-11-16(17)15(3)27/h9-12,18H,6-8,13-14H2,1-5H3,(H,22,28)/t18-/m1/s1. The topological polar surface area (TPSA) is 80.1 Å². The van der Waals surface area contributed by atoms with Crippen molar-refractivity contribution >= 4 is 29.1 Å². The lowest BCUT2D eigenvalue weighted by atomic mass is 10.1. The molecule has 0 aliphatic rings. The number of hydrogen-bond acceptors (Lipinski definition) is 6. The summed E-state index contributed by atoms with van der Waals surface area (Å²) in [5.74, 6) is 0.896. The first-order valence-electron chi connectivity index (χ1n) is 10.0. The zero-order valence-corrected chi connectivity index (χ0v) is 18.8. The van der Waals surface area contributed by atoms with Gasteiger partial charge in [0.2, 0.25) is 5.91 Å². The van der Waals surface area contributed by atoms with Gasteiger partial charge in [-0.25, -0.2) is 0 Å². The molecule has 0 aliphatic heterocycles. The van der Waals surface area contributed by atoms with Crippen LogP contribution in [-0.2, 0) is 11.3 Å². The Kier molecular flexibility index (Phi) is 8.85. The van der Waals surface area contributed by atoms with Crippen molar-refractivity contribution in [3.8, 4) is 0 Å². The van der Waals surface area contributed by atoms with E-state index in [1.807, 2.05) is 14.1 Å². The van der Waals surface area contributed by atoms with Crippen molar-refractivity contribution in [1.29, 1.82) is 0 Å². The molecule has 1 amide bonds. The number of para-hydroxylation sites is 1. The van der Waals surface area contributed by atoms with Gasteiger partial charge in [0.15, 0.2) is 16.8 Å². The van der Waals surface area contributed by atoms with E-state index in [4.69, 9.17) is 0 Å². The summed E-state index contributed by atoms with van der Waals surface area (Å²) in [5, 5.41) is 12.4. The molecule has 1 heterocycles. The van der Waals surface area contributed by atoms with Crippen LogP contribution in [0.3, 0.4) is 0 Å². The molecule has 0 saturated heterocycles. The molecular weight excluding hydrogens is 386 g/mol. The highest BCUT2D eigenvalue weighted by Crippen LogP contribution is 2.26. The highest BCUT2D eigenvalue weighted by atomic mass is 32.2. The summed E-state index contributed by atoms with van der Waals surface area (Å²) < 4.78 is 2.14. The van der Waals surface area contributed by atoms with Crippen LogP contribution < -0.4 is 5.32 Å². The molecule has 158 valence electrons. The first-order valence-corrected chi connectivity index (χ1v) is 11.0. The second kappa shape index (κ2) is 11.1. The van der Waals surface area contributed by atoms with Crippen molar-refractivity contribution in [2.75, 3.05) is 25.2 Å². The van der Waals surface area contributed by atoms with E-state index in [9.17, 15) is 9.59 Å². The third-order valence-electron chi connectivity index (χ3n) is 4.70. The quantitative estimate of drug-likeness (QED) is 0.439. The maximum atomic E-state index is 12.5. The third-order valence-corrected chi connectivity index (χ3v) is 5.67. The number of amides is 1. The van der Waals surface area contributed by atoms with Gasteiger partial charge in [0.25, 0.3) is 0 Å². The van der Waals surface area contributed by atoms with Crippen molar-refractivity contribution < 1.29 is 9.59 Å². The molecule has 7 nitrogen and oxygen atoms in total. The minimum absolute atomic E-state index is 0.0770. The summed E-state index contributed by atoms with van der Waals surface area (Å²) in [5.41, 5.74) is 1.05. The molecular formula is C21H31N5O2S. The molecule has 2 aromatic rings. The van der Waals surface area contributed by atoms with Crippen molar-refractivity contribution in [2.24, 2.45) is 0 Å². The molecule has 1 atom stereocenters. The lowest BCUT2D eigenvalue weighted by molar-refractivity contribution is -0.113. The van der Waals surface area contributed by atoms with Crippen LogP contribution in [-0.4, -0.2) is 51.2 Å². The number of rotatable bonds is 11. The second-order valence-corrected chi connectivity index (χ2v) is 8.11. The lowest BCUT2D eigenvalue weighted by Crippen LogP contribution is -2.23. The lowest BCUT2D eigenvalue weighted by Gasteiger charge is -2.23. The summed E-state index contributed by atoms with van der Waals surface area (Å²) in [7, 11) is 4.08. The predicted molar refractivity (Wildman–Crippen MR) is 117 cm³/mol. The van der Waals surface area contributed by atoms with Crippen molar-refractivity contribution in [2.45, 2.75) is 57.8 Å². The molecule has 0 radical (unpaired) electrons. The normalized spacial score (nSPS) is 12.2. The Bertz CT molecular complexity index is 834. The van der Waals surface area contributed by atoms with Gasteiger partial charge < -0.3 is 9.88 Å². The number of thioether (sulfide) groups is 1. The van der Waals surface area contributed by atoms with Gasteiger partial charge in [-0.2, -0.15) is 0 Å². The minimum atomic E-state index is -0.171. The largest absolute Gasteiger partial charge is 0.325 e. The molecule has 29 heavy (non-hydrogen) atoms. The SMILES string of the molecule is CCCCn1c(SCC(=O)Nc2ccccc2C(C)=O)nnc1[C@@H](CC)N(C)C. The zero-order chi connectivity index (χ0) is 21.4. The number of aromatic nitrogens is 3. The Hall–Kier alpha value is -2.19. The molecule has 0 bridgehead atoms. The van der Waals surface area contributed by atoms with Gasteiger partial charge in [0.1, 0.15) is 0 Å². The minimum Gasteiger partial charge on any atom is -0.325 e. The van der Waals surface area contributed by atoms with Crippen LogP contribution in [0.25, 0.3) is 0 Å². The van der Waals surface area contributed by atoms with Gasteiger partial charge in [-0.3, -0.25) is 14.5 Å². The highest BCUT2D eigenvalue weighted by molar-refractivity contribution is 7.99. The molecule has 0 fully saturated rings. The van der Waals surface area contributed by atoms with Gasteiger partial charge in [0.05, 0.1) is 17.5 Å². The van der Waals surface area contributed by atoms with E-state index < -0.39 is 0 Å². The number of unbranched alkanes of at least 4 members (excludes halogenated alkanes) is 1. The van der Waals surface area contributed by atoms with Crippen LogP contribution in [0.4, 0.5) is 5.69 Å². The monoisotopic (exact) mass is 417 g/mol. The first kappa shape index (κ1) is 23.1. The maximum Gasteiger partial charge on any atom is 0.234 e. The van der Waals surface area contributed by atoms with Crippen molar-refractivity contribution in [1.82, 2.24) is 19.7 Å². The average Bonchev–Trinajstić information content (AvgIpc) is 3.07. The maximum absolute atomic E-state index is 12.5. The van der Waals surface area contributed by atoms with E-state index in [1.165, 1.54) is 18.7 Å². The van der Waals surface area contributed by atoms with Crippen LogP contribution in [0.2, 0.25) is 0 Å². The number of Topliss-reactive ketones (excluding diaryl/α,β-unsaturated/α-hetero) is 1. The molecule has 1 aromatic heterocycles. The van der Waals surface area contributed by atoms with E-state index in [0.29, 0.717) is 11.3 Å². The average molecular weight is 418 g/mol. The van der Waals surface area contributed by atoms with E-state index in [1.54, 1.807) is 24.3 Å². The fourth-order valence-corrected chi connectivity index (χ4v) is 3.95. The Morgan fingerprint density at radius 3 is 2.55 bits per heavy atom. The molecule has 0 aliphatic carbocycles. The van der Waals surface area contributed by atoms with Crippen LogP contribution in [0.15, 0.2) is 29.4 Å². The van der Waals surface area contributed by atoms with Gasteiger partial charge >= 0.3 is 0 Å². The first-order chi connectivity index (χ1) is 13.9. The van der Waals surface area contributed by atoms with Crippen LogP contribution in [0.1, 0.15) is 62.3 Å². The Balaban J connectivity index is 2.12. The van der Waals surface area contributed by atoms with E-state index in [-0.39, 0.29) is 23.5 Å². The molecule has 0 unspecified atom stereocenters. The zero-order valence-electron chi connectivity index (χ0n) is 17.9. The number of benzene rings is 1. The van der Waals surface area contributed by atoms with Crippen molar-refractivity contribution in [3.05, 3.63) is 35.7 Å². The number of nitrogens with zero attached hydrogens (tertiary/aromatic N) is 4. The van der Waals surface area contributed by atoms with Crippen LogP contribution >= 0.6 is 11.8 Å². The third kappa shape index (κ3) is 6.14. The van der Waals surface area contributed by atoms with Crippen LogP contribution in [0, 0.1) is 0 Å². The summed E-state index contributed by atoms with van der Waals surface area (Å²) >= 11 is 1.37. The number of ketones is 1. The summed E-state index contributed by atoms with van der Waals surface area (Å²) in [6.07, 6.45) is 3.04. The highest BCUT2D eigenvalue weighted by Gasteiger charge is 2.22. The number of anilines is 1. The summed E-state index contributed by atoms with van der Waals surface area (Å²) in [6.45, 7) is 6.61. The van der Waals surface area contributed by atoms with E-state index in [2.05, 4.69) is 38.8 Å². The summed E-state index contributed by atoms with van der Waals surface area (Å²) in [4.78, 5) is 26.4.